The van der Waals surface area contributed by atoms with Gasteiger partial charge < -0.3 is 4.74 Å². The lowest BCUT2D eigenvalue weighted by atomic mass is 9.85. The quantitative estimate of drug-likeness (QED) is 0.718. The summed E-state index contributed by atoms with van der Waals surface area (Å²) in [6.45, 7) is 6.49. The van der Waals surface area contributed by atoms with E-state index in [9.17, 15) is 0 Å². The highest BCUT2D eigenvalue weighted by Gasteiger charge is 2.25. The molecule has 0 aromatic heterocycles. The van der Waals surface area contributed by atoms with Crippen LogP contribution in [-0.4, -0.2) is 7.11 Å². The van der Waals surface area contributed by atoms with Gasteiger partial charge in [0.05, 0.1) is 6.10 Å². The number of ether oxygens (including phenoxy) is 1. The molecule has 1 atom stereocenters. The SMILES string of the molecule is CO[C@@H](c1ccc(Cl)cc1)C(C)(C)C. The van der Waals surface area contributed by atoms with E-state index in [1.165, 1.54) is 5.56 Å². The maximum Gasteiger partial charge on any atom is 0.0869 e. The highest BCUT2D eigenvalue weighted by molar-refractivity contribution is 6.30. The van der Waals surface area contributed by atoms with Crippen molar-refractivity contribution in [2.75, 3.05) is 7.11 Å². The maximum absolute atomic E-state index is 5.83. The van der Waals surface area contributed by atoms with Crippen molar-refractivity contribution in [2.45, 2.75) is 26.9 Å². The van der Waals surface area contributed by atoms with E-state index < -0.39 is 0 Å². The van der Waals surface area contributed by atoms with Crippen LogP contribution in [0.2, 0.25) is 5.02 Å². The van der Waals surface area contributed by atoms with Crippen molar-refractivity contribution >= 4 is 11.6 Å². The monoisotopic (exact) mass is 212 g/mol. The molecule has 14 heavy (non-hydrogen) atoms. The minimum absolute atomic E-state index is 0.0998. The van der Waals surface area contributed by atoms with Crippen molar-refractivity contribution in [3.8, 4) is 0 Å². The fraction of sp³-hybridized carbons (Fsp3) is 0.500. The van der Waals surface area contributed by atoms with Gasteiger partial charge in [0.25, 0.3) is 0 Å². The third-order valence-corrected chi connectivity index (χ3v) is 2.45. The molecule has 1 rings (SSSR count). The van der Waals surface area contributed by atoms with Crippen LogP contribution in [0.15, 0.2) is 24.3 Å². The summed E-state index contributed by atoms with van der Waals surface area (Å²) in [6.07, 6.45) is 0.111. The molecule has 0 aliphatic heterocycles. The van der Waals surface area contributed by atoms with Crippen LogP contribution >= 0.6 is 11.6 Å². The first-order chi connectivity index (χ1) is 6.45. The van der Waals surface area contributed by atoms with Gasteiger partial charge in [0.1, 0.15) is 0 Å². The third-order valence-electron chi connectivity index (χ3n) is 2.20. The van der Waals surface area contributed by atoms with Gasteiger partial charge in [-0.2, -0.15) is 0 Å². The summed E-state index contributed by atoms with van der Waals surface area (Å²) in [5, 5.41) is 0.762. The minimum Gasteiger partial charge on any atom is -0.376 e. The molecule has 0 saturated heterocycles. The Kier molecular flexibility index (Phi) is 3.57. The molecule has 0 aliphatic rings. The molecule has 0 aliphatic carbocycles. The Morgan fingerprint density at radius 1 is 1.14 bits per heavy atom. The van der Waals surface area contributed by atoms with Crippen molar-refractivity contribution in [1.82, 2.24) is 0 Å². The molecule has 78 valence electrons. The van der Waals surface area contributed by atoms with Gasteiger partial charge >= 0.3 is 0 Å². The summed E-state index contributed by atoms with van der Waals surface area (Å²) in [6, 6.07) is 7.83. The molecular formula is C12H17ClO. The molecule has 0 saturated carbocycles. The van der Waals surface area contributed by atoms with Crippen LogP contribution in [0.1, 0.15) is 32.4 Å². The smallest absolute Gasteiger partial charge is 0.0869 e. The van der Waals surface area contributed by atoms with E-state index in [0.717, 1.165) is 5.02 Å². The van der Waals surface area contributed by atoms with Crippen LogP contribution in [0.3, 0.4) is 0 Å². The Bertz CT molecular complexity index is 284. The second-order valence-electron chi connectivity index (χ2n) is 4.53. The van der Waals surface area contributed by atoms with E-state index in [-0.39, 0.29) is 11.5 Å². The van der Waals surface area contributed by atoms with E-state index in [2.05, 4.69) is 20.8 Å². The first-order valence-corrected chi connectivity index (χ1v) is 5.11. The molecule has 0 unspecified atom stereocenters. The molecule has 2 heteroatoms. The predicted molar refractivity (Wildman–Crippen MR) is 60.7 cm³/mol. The molecule has 0 heterocycles. The van der Waals surface area contributed by atoms with Gasteiger partial charge in [-0.15, -0.1) is 0 Å². The number of halogens is 1. The zero-order chi connectivity index (χ0) is 10.8. The molecule has 0 N–H and O–H groups in total. The van der Waals surface area contributed by atoms with Gasteiger partial charge in [-0.05, 0) is 23.1 Å². The molecular weight excluding hydrogens is 196 g/mol. The molecule has 0 spiro atoms. The second-order valence-corrected chi connectivity index (χ2v) is 4.97. The van der Waals surface area contributed by atoms with Crippen LogP contribution in [0.4, 0.5) is 0 Å². The number of hydrogen-bond acceptors (Lipinski definition) is 1. The minimum atomic E-state index is 0.0998. The zero-order valence-electron chi connectivity index (χ0n) is 9.17. The van der Waals surface area contributed by atoms with Gasteiger partial charge in [0.15, 0.2) is 0 Å². The first kappa shape index (κ1) is 11.5. The summed E-state index contributed by atoms with van der Waals surface area (Å²) < 4.78 is 5.50. The fourth-order valence-electron chi connectivity index (χ4n) is 1.63. The molecule has 0 radical (unpaired) electrons. The summed E-state index contributed by atoms with van der Waals surface area (Å²) in [4.78, 5) is 0. The van der Waals surface area contributed by atoms with Crippen LogP contribution in [0.5, 0.6) is 0 Å². The van der Waals surface area contributed by atoms with Crippen LogP contribution in [0.25, 0.3) is 0 Å². The largest absolute Gasteiger partial charge is 0.376 e. The Hall–Kier alpha value is -0.530. The van der Waals surface area contributed by atoms with E-state index in [1.807, 2.05) is 24.3 Å². The summed E-state index contributed by atoms with van der Waals surface area (Å²) in [5.41, 5.74) is 1.27. The lowest BCUT2D eigenvalue weighted by molar-refractivity contribution is 0.0152. The van der Waals surface area contributed by atoms with Crippen LogP contribution in [0, 0.1) is 5.41 Å². The van der Waals surface area contributed by atoms with Gasteiger partial charge in [-0.3, -0.25) is 0 Å². The molecule has 0 bridgehead atoms. The number of hydrogen-bond donors (Lipinski definition) is 0. The van der Waals surface area contributed by atoms with Crippen LogP contribution in [-0.2, 0) is 4.74 Å². The van der Waals surface area contributed by atoms with Gasteiger partial charge in [0, 0.05) is 12.1 Å². The van der Waals surface area contributed by atoms with Crippen molar-refractivity contribution < 1.29 is 4.74 Å². The standard InChI is InChI=1S/C12H17ClO/c1-12(2,3)11(14-4)9-5-7-10(13)8-6-9/h5-8,11H,1-4H3/t11-/m0/s1. The van der Waals surface area contributed by atoms with Crippen molar-refractivity contribution in [1.29, 1.82) is 0 Å². The molecule has 1 aromatic rings. The molecule has 0 amide bonds. The van der Waals surface area contributed by atoms with Crippen molar-refractivity contribution in [3.05, 3.63) is 34.9 Å². The number of methoxy groups -OCH3 is 1. The fourth-order valence-corrected chi connectivity index (χ4v) is 1.75. The van der Waals surface area contributed by atoms with Crippen LogP contribution < -0.4 is 0 Å². The normalized spacial score (nSPS) is 14.1. The molecule has 0 fully saturated rings. The van der Waals surface area contributed by atoms with Crippen molar-refractivity contribution in [2.24, 2.45) is 5.41 Å². The highest BCUT2D eigenvalue weighted by atomic mass is 35.5. The Labute approximate surface area is 91.0 Å². The van der Waals surface area contributed by atoms with Gasteiger partial charge in [-0.25, -0.2) is 0 Å². The topological polar surface area (TPSA) is 9.23 Å². The van der Waals surface area contributed by atoms with E-state index in [0.29, 0.717) is 0 Å². The predicted octanol–water partition coefficient (Wildman–Crippen LogP) is 4.07. The van der Waals surface area contributed by atoms with Gasteiger partial charge in [0.2, 0.25) is 0 Å². The maximum atomic E-state index is 5.83. The average molecular weight is 213 g/mol. The summed E-state index contributed by atoms with van der Waals surface area (Å²) in [7, 11) is 1.74. The molecule has 1 aromatic carbocycles. The first-order valence-electron chi connectivity index (χ1n) is 4.73. The lowest BCUT2D eigenvalue weighted by Gasteiger charge is -2.29. The van der Waals surface area contributed by atoms with E-state index >= 15 is 0 Å². The lowest BCUT2D eigenvalue weighted by Crippen LogP contribution is -2.19. The highest BCUT2D eigenvalue weighted by Crippen LogP contribution is 2.35. The van der Waals surface area contributed by atoms with E-state index in [1.54, 1.807) is 7.11 Å². The summed E-state index contributed by atoms with van der Waals surface area (Å²) in [5.74, 6) is 0. The zero-order valence-corrected chi connectivity index (χ0v) is 9.93. The van der Waals surface area contributed by atoms with Crippen molar-refractivity contribution in [3.63, 3.8) is 0 Å². The third kappa shape index (κ3) is 2.73. The Morgan fingerprint density at radius 2 is 1.64 bits per heavy atom. The Morgan fingerprint density at radius 3 is 2.00 bits per heavy atom. The number of benzene rings is 1. The Balaban J connectivity index is 2.96. The molecule has 1 nitrogen and oxygen atoms in total. The second kappa shape index (κ2) is 4.33. The average Bonchev–Trinajstić information content (AvgIpc) is 2.07. The van der Waals surface area contributed by atoms with Gasteiger partial charge in [-0.1, -0.05) is 44.5 Å². The summed E-state index contributed by atoms with van der Waals surface area (Å²) >= 11 is 5.83. The number of rotatable bonds is 2. The van der Waals surface area contributed by atoms with E-state index in [4.69, 9.17) is 16.3 Å².